The number of aliphatic carboxylic acids is 1. The fourth-order valence-corrected chi connectivity index (χ4v) is 2.94. The van der Waals surface area contributed by atoms with Crippen LogP contribution < -0.4 is 5.32 Å². The van der Waals surface area contributed by atoms with Crippen molar-refractivity contribution < 1.29 is 9.90 Å². The average molecular weight is 261 g/mol. The SMILES string of the molecule is CC1(C)CCC(NCCCC(=O)O)c2ccccc21. The summed E-state index contributed by atoms with van der Waals surface area (Å²) < 4.78 is 0. The second-order valence-corrected chi connectivity index (χ2v) is 6.01. The minimum absolute atomic E-state index is 0.243. The van der Waals surface area contributed by atoms with E-state index in [0.717, 1.165) is 13.0 Å². The predicted molar refractivity (Wildman–Crippen MR) is 76.3 cm³/mol. The molecule has 2 rings (SSSR count). The minimum Gasteiger partial charge on any atom is -0.481 e. The van der Waals surface area contributed by atoms with Crippen LogP contribution in [0.15, 0.2) is 24.3 Å². The number of carbonyl (C=O) groups is 1. The van der Waals surface area contributed by atoms with Gasteiger partial charge in [-0.2, -0.15) is 0 Å². The molecule has 0 amide bonds. The standard InChI is InChI=1S/C16H23NO2/c1-16(2)10-9-14(17-11-5-8-15(18)19)12-6-3-4-7-13(12)16/h3-4,6-7,14,17H,5,8-11H2,1-2H3,(H,18,19). The summed E-state index contributed by atoms with van der Waals surface area (Å²) in [6, 6.07) is 8.99. The molecule has 0 radical (unpaired) electrons. The Morgan fingerprint density at radius 3 is 2.89 bits per heavy atom. The van der Waals surface area contributed by atoms with Crippen molar-refractivity contribution in [2.24, 2.45) is 0 Å². The van der Waals surface area contributed by atoms with Gasteiger partial charge in [-0.25, -0.2) is 0 Å². The third kappa shape index (κ3) is 3.35. The number of hydrogen-bond donors (Lipinski definition) is 2. The highest BCUT2D eigenvalue weighted by molar-refractivity contribution is 5.66. The minimum atomic E-state index is -0.716. The molecule has 3 heteroatoms. The molecule has 1 aliphatic rings. The second-order valence-electron chi connectivity index (χ2n) is 6.01. The molecule has 0 aliphatic heterocycles. The second kappa shape index (κ2) is 5.74. The van der Waals surface area contributed by atoms with Gasteiger partial charge < -0.3 is 10.4 Å². The van der Waals surface area contributed by atoms with E-state index in [9.17, 15) is 4.79 Å². The van der Waals surface area contributed by atoms with E-state index in [-0.39, 0.29) is 11.8 Å². The van der Waals surface area contributed by atoms with Crippen molar-refractivity contribution in [2.45, 2.75) is 51.0 Å². The lowest BCUT2D eigenvalue weighted by molar-refractivity contribution is -0.137. The Morgan fingerprint density at radius 1 is 1.42 bits per heavy atom. The van der Waals surface area contributed by atoms with Gasteiger partial charge in [0.2, 0.25) is 0 Å². The highest BCUT2D eigenvalue weighted by Crippen LogP contribution is 2.41. The summed E-state index contributed by atoms with van der Waals surface area (Å²) in [5.74, 6) is -0.716. The van der Waals surface area contributed by atoms with Gasteiger partial charge in [-0.3, -0.25) is 4.79 Å². The molecule has 3 nitrogen and oxygen atoms in total. The molecule has 0 aromatic heterocycles. The molecule has 0 saturated heterocycles. The van der Waals surface area contributed by atoms with Crippen molar-refractivity contribution in [3.8, 4) is 0 Å². The van der Waals surface area contributed by atoms with Crippen LogP contribution in [0.4, 0.5) is 0 Å². The van der Waals surface area contributed by atoms with E-state index >= 15 is 0 Å². The quantitative estimate of drug-likeness (QED) is 0.800. The van der Waals surface area contributed by atoms with Gasteiger partial charge in [0.05, 0.1) is 0 Å². The van der Waals surface area contributed by atoms with Gasteiger partial charge in [-0.05, 0) is 42.3 Å². The van der Waals surface area contributed by atoms with Crippen molar-refractivity contribution in [2.75, 3.05) is 6.54 Å². The topological polar surface area (TPSA) is 49.3 Å². The molecule has 1 unspecified atom stereocenters. The molecule has 2 N–H and O–H groups in total. The molecule has 1 aromatic rings. The number of nitrogens with one attached hydrogen (secondary N) is 1. The summed E-state index contributed by atoms with van der Waals surface area (Å²) in [5, 5.41) is 12.2. The highest BCUT2D eigenvalue weighted by Gasteiger charge is 2.31. The average Bonchev–Trinajstić information content (AvgIpc) is 2.37. The highest BCUT2D eigenvalue weighted by atomic mass is 16.4. The zero-order chi connectivity index (χ0) is 13.9. The molecule has 1 aliphatic carbocycles. The number of rotatable bonds is 5. The van der Waals surface area contributed by atoms with Crippen LogP contribution in [-0.2, 0) is 10.2 Å². The zero-order valence-electron chi connectivity index (χ0n) is 11.8. The van der Waals surface area contributed by atoms with Gasteiger partial charge in [-0.1, -0.05) is 38.1 Å². The largest absolute Gasteiger partial charge is 0.481 e. The molecule has 0 saturated carbocycles. The Bertz CT molecular complexity index is 454. The summed E-state index contributed by atoms with van der Waals surface area (Å²) in [6.45, 7) is 5.37. The molecule has 104 valence electrons. The van der Waals surface area contributed by atoms with E-state index in [1.54, 1.807) is 0 Å². The van der Waals surface area contributed by atoms with E-state index in [2.05, 4.69) is 43.4 Å². The molecular formula is C16H23NO2. The Hall–Kier alpha value is -1.35. The van der Waals surface area contributed by atoms with E-state index in [1.807, 2.05) is 0 Å². The van der Waals surface area contributed by atoms with Crippen LogP contribution in [-0.4, -0.2) is 17.6 Å². The van der Waals surface area contributed by atoms with Crippen molar-refractivity contribution in [1.82, 2.24) is 5.32 Å². The predicted octanol–water partition coefficient (Wildman–Crippen LogP) is 3.25. The number of benzene rings is 1. The van der Waals surface area contributed by atoms with Crippen molar-refractivity contribution in [1.29, 1.82) is 0 Å². The van der Waals surface area contributed by atoms with Crippen molar-refractivity contribution in [3.63, 3.8) is 0 Å². The molecule has 0 fully saturated rings. The molecule has 0 spiro atoms. The summed E-state index contributed by atoms with van der Waals surface area (Å²) >= 11 is 0. The third-order valence-electron chi connectivity index (χ3n) is 4.08. The number of carboxylic acid groups (broad SMARTS) is 1. The number of hydrogen-bond acceptors (Lipinski definition) is 2. The van der Waals surface area contributed by atoms with Crippen LogP contribution in [0.3, 0.4) is 0 Å². The van der Waals surface area contributed by atoms with Gasteiger partial charge in [0.25, 0.3) is 0 Å². The molecule has 1 aromatic carbocycles. The Morgan fingerprint density at radius 2 is 2.16 bits per heavy atom. The van der Waals surface area contributed by atoms with Crippen LogP contribution in [0.1, 0.15) is 56.7 Å². The first kappa shape index (κ1) is 14.1. The van der Waals surface area contributed by atoms with Gasteiger partial charge >= 0.3 is 5.97 Å². The van der Waals surface area contributed by atoms with E-state index < -0.39 is 5.97 Å². The number of fused-ring (bicyclic) bond motifs is 1. The van der Waals surface area contributed by atoms with Gasteiger partial charge in [0, 0.05) is 12.5 Å². The Labute approximate surface area is 115 Å². The first-order chi connectivity index (χ1) is 9.00. The molecular weight excluding hydrogens is 238 g/mol. The van der Waals surface area contributed by atoms with Crippen LogP contribution in [0.5, 0.6) is 0 Å². The summed E-state index contributed by atoms with van der Waals surface area (Å²) in [5.41, 5.74) is 3.06. The number of carboxylic acids is 1. The van der Waals surface area contributed by atoms with Gasteiger partial charge in [0.15, 0.2) is 0 Å². The smallest absolute Gasteiger partial charge is 0.303 e. The van der Waals surface area contributed by atoms with Crippen LogP contribution in [0.2, 0.25) is 0 Å². The fourth-order valence-electron chi connectivity index (χ4n) is 2.94. The van der Waals surface area contributed by atoms with Gasteiger partial charge in [0.1, 0.15) is 0 Å². The molecule has 19 heavy (non-hydrogen) atoms. The fraction of sp³-hybridized carbons (Fsp3) is 0.562. The van der Waals surface area contributed by atoms with E-state index in [1.165, 1.54) is 17.5 Å². The Kier molecular flexibility index (Phi) is 4.25. The first-order valence-corrected chi connectivity index (χ1v) is 7.05. The van der Waals surface area contributed by atoms with Crippen molar-refractivity contribution in [3.05, 3.63) is 35.4 Å². The Balaban J connectivity index is 2.02. The van der Waals surface area contributed by atoms with Crippen LogP contribution in [0.25, 0.3) is 0 Å². The van der Waals surface area contributed by atoms with Gasteiger partial charge in [-0.15, -0.1) is 0 Å². The lowest BCUT2D eigenvalue weighted by Crippen LogP contribution is -2.33. The van der Waals surface area contributed by atoms with E-state index in [0.29, 0.717) is 12.5 Å². The zero-order valence-corrected chi connectivity index (χ0v) is 11.8. The summed E-state index contributed by atoms with van der Waals surface area (Å²) in [4.78, 5) is 10.5. The maximum absolute atomic E-state index is 10.5. The lowest BCUT2D eigenvalue weighted by atomic mass is 9.71. The normalized spacial score (nSPS) is 20.8. The maximum Gasteiger partial charge on any atom is 0.303 e. The van der Waals surface area contributed by atoms with E-state index in [4.69, 9.17) is 5.11 Å². The van der Waals surface area contributed by atoms with Crippen molar-refractivity contribution >= 4 is 5.97 Å². The van der Waals surface area contributed by atoms with Crippen LogP contribution in [0, 0.1) is 0 Å². The summed E-state index contributed by atoms with van der Waals surface area (Å²) in [6.07, 6.45) is 3.22. The molecule has 1 atom stereocenters. The molecule has 0 bridgehead atoms. The third-order valence-corrected chi connectivity index (χ3v) is 4.08. The molecule has 0 heterocycles. The summed E-state index contributed by atoms with van der Waals surface area (Å²) in [7, 11) is 0. The first-order valence-electron chi connectivity index (χ1n) is 7.05. The van der Waals surface area contributed by atoms with Crippen LogP contribution >= 0.6 is 0 Å². The maximum atomic E-state index is 10.5. The lowest BCUT2D eigenvalue weighted by Gasteiger charge is -2.37. The monoisotopic (exact) mass is 261 g/mol.